The second-order valence-corrected chi connectivity index (χ2v) is 6.72. The standard InChI is InChI=1S/C17H23N3S/c1-2-8-18-17-11-14(7-9-19-17)12-20(15-5-6-15)13-16-4-3-10-21-16/h3-4,7,9-11,15H,2,5-6,8,12-13H2,1H3,(H,18,19). The summed E-state index contributed by atoms with van der Waals surface area (Å²) in [4.78, 5) is 8.45. The van der Waals surface area contributed by atoms with Gasteiger partial charge in [0.1, 0.15) is 5.82 Å². The number of nitrogens with one attached hydrogen (secondary N) is 1. The SMILES string of the molecule is CCCNc1cc(CN(Cc2cccs2)C2CC2)ccn1. The molecule has 3 nitrogen and oxygen atoms in total. The molecule has 3 rings (SSSR count). The Kier molecular flexibility index (Phi) is 4.88. The Morgan fingerprint density at radius 2 is 2.24 bits per heavy atom. The lowest BCUT2D eigenvalue weighted by Crippen LogP contribution is -2.24. The van der Waals surface area contributed by atoms with Gasteiger partial charge in [0.15, 0.2) is 0 Å². The lowest BCUT2D eigenvalue weighted by molar-refractivity contribution is 0.248. The number of hydrogen-bond acceptors (Lipinski definition) is 4. The van der Waals surface area contributed by atoms with Gasteiger partial charge in [-0.2, -0.15) is 0 Å². The molecular weight excluding hydrogens is 278 g/mol. The quantitative estimate of drug-likeness (QED) is 0.794. The molecule has 0 radical (unpaired) electrons. The van der Waals surface area contributed by atoms with Crippen molar-refractivity contribution >= 4 is 17.2 Å². The third kappa shape index (κ3) is 4.29. The first kappa shape index (κ1) is 14.5. The van der Waals surface area contributed by atoms with Crippen LogP contribution in [0.1, 0.15) is 36.6 Å². The zero-order valence-corrected chi connectivity index (χ0v) is 13.4. The van der Waals surface area contributed by atoms with Crippen LogP contribution in [0.5, 0.6) is 0 Å². The molecule has 1 fully saturated rings. The first-order valence-corrected chi connectivity index (χ1v) is 8.68. The van der Waals surface area contributed by atoms with Crippen LogP contribution in [0, 0.1) is 0 Å². The fraction of sp³-hybridized carbons (Fsp3) is 0.471. The average Bonchev–Trinajstić information content (AvgIpc) is 3.23. The van der Waals surface area contributed by atoms with Crippen LogP contribution >= 0.6 is 11.3 Å². The molecule has 0 unspecified atom stereocenters. The molecule has 0 bridgehead atoms. The van der Waals surface area contributed by atoms with Crippen LogP contribution in [-0.4, -0.2) is 22.5 Å². The van der Waals surface area contributed by atoms with E-state index in [4.69, 9.17) is 0 Å². The van der Waals surface area contributed by atoms with Gasteiger partial charge in [0.05, 0.1) is 0 Å². The maximum Gasteiger partial charge on any atom is 0.126 e. The van der Waals surface area contributed by atoms with E-state index in [0.717, 1.165) is 37.9 Å². The Morgan fingerprint density at radius 1 is 1.33 bits per heavy atom. The first-order valence-electron chi connectivity index (χ1n) is 7.80. The molecule has 0 saturated heterocycles. The smallest absolute Gasteiger partial charge is 0.126 e. The zero-order chi connectivity index (χ0) is 14.5. The molecule has 2 aromatic heterocycles. The number of anilines is 1. The molecule has 21 heavy (non-hydrogen) atoms. The van der Waals surface area contributed by atoms with Gasteiger partial charge in [0, 0.05) is 36.8 Å². The number of nitrogens with zero attached hydrogens (tertiary/aromatic N) is 2. The summed E-state index contributed by atoms with van der Waals surface area (Å²) in [6, 6.07) is 9.48. The monoisotopic (exact) mass is 301 g/mol. The van der Waals surface area contributed by atoms with E-state index >= 15 is 0 Å². The maximum atomic E-state index is 4.39. The molecule has 0 amide bonds. The number of rotatable bonds is 8. The Bertz CT molecular complexity index is 549. The summed E-state index contributed by atoms with van der Waals surface area (Å²) in [5, 5.41) is 5.54. The van der Waals surface area contributed by atoms with Crippen LogP contribution in [0.2, 0.25) is 0 Å². The molecule has 4 heteroatoms. The largest absolute Gasteiger partial charge is 0.370 e. The minimum atomic E-state index is 0.771. The lowest BCUT2D eigenvalue weighted by Gasteiger charge is -2.21. The van der Waals surface area contributed by atoms with Crippen LogP contribution < -0.4 is 5.32 Å². The van der Waals surface area contributed by atoms with Crippen molar-refractivity contribution in [1.29, 1.82) is 0 Å². The average molecular weight is 301 g/mol. The molecule has 0 spiro atoms. The number of thiophene rings is 1. The summed E-state index contributed by atoms with van der Waals surface area (Å²) in [5.74, 6) is 1.00. The Labute approximate surface area is 131 Å². The van der Waals surface area contributed by atoms with Gasteiger partial charge < -0.3 is 5.32 Å². The highest BCUT2D eigenvalue weighted by Crippen LogP contribution is 2.30. The fourth-order valence-corrected chi connectivity index (χ4v) is 3.24. The molecule has 112 valence electrons. The van der Waals surface area contributed by atoms with Crippen LogP contribution in [0.3, 0.4) is 0 Å². The Hall–Kier alpha value is -1.39. The van der Waals surface area contributed by atoms with Gasteiger partial charge in [-0.25, -0.2) is 4.98 Å². The molecule has 1 saturated carbocycles. The van der Waals surface area contributed by atoms with Crippen LogP contribution in [-0.2, 0) is 13.1 Å². The fourth-order valence-electron chi connectivity index (χ4n) is 2.51. The summed E-state index contributed by atoms with van der Waals surface area (Å²) in [5.41, 5.74) is 1.35. The van der Waals surface area contributed by atoms with Gasteiger partial charge in [-0.3, -0.25) is 4.90 Å². The molecule has 0 aromatic carbocycles. The second kappa shape index (κ2) is 7.05. The molecule has 0 aliphatic heterocycles. The first-order chi connectivity index (χ1) is 10.3. The molecule has 0 atom stereocenters. The van der Waals surface area contributed by atoms with Gasteiger partial charge in [-0.15, -0.1) is 11.3 Å². The van der Waals surface area contributed by atoms with Gasteiger partial charge in [-0.1, -0.05) is 13.0 Å². The van der Waals surface area contributed by atoms with E-state index in [1.807, 2.05) is 17.5 Å². The van der Waals surface area contributed by atoms with E-state index in [9.17, 15) is 0 Å². The van der Waals surface area contributed by atoms with E-state index in [1.54, 1.807) is 0 Å². The normalized spacial score (nSPS) is 14.6. The Balaban J connectivity index is 1.65. The van der Waals surface area contributed by atoms with Crippen molar-refractivity contribution in [3.8, 4) is 0 Å². The van der Waals surface area contributed by atoms with E-state index in [-0.39, 0.29) is 0 Å². The molecule has 2 heterocycles. The summed E-state index contributed by atoms with van der Waals surface area (Å²) in [6.45, 7) is 5.25. The zero-order valence-electron chi connectivity index (χ0n) is 12.6. The molecular formula is C17H23N3S. The summed E-state index contributed by atoms with van der Waals surface area (Å²) < 4.78 is 0. The molecule has 2 aromatic rings. The molecule has 1 N–H and O–H groups in total. The minimum absolute atomic E-state index is 0.771. The van der Waals surface area contributed by atoms with E-state index in [1.165, 1.54) is 23.3 Å². The highest BCUT2D eigenvalue weighted by Gasteiger charge is 2.29. The molecule has 1 aliphatic carbocycles. The maximum absolute atomic E-state index is 4.39. The van der Waals surface area contributed by atoms with Crippen molar-refractivity contribution in [3.63, 3.8) is 0 Å². The Morgan fingerprint density at radius 3 is 2.95 bits per heavy atom. The summed E-state index contributed by atoms with van der Waals surface area (Å²) in [7, 11) is 0. The lowest BCUT2D eigenvalue weighted by atomic mass is 10.2. The van der Waals surface area contributed by atoms with Crippen molar-refractivity contribution in [3.05, 3.63) is 46.3 Å². The third-order valence-corrected chi connectivity index (χ3v) is 4.63. The van der Waals surface area contributed by atoms with Gasteiger partial charge >= 0.3 is 0 Å². The van der Waals surface area contributed by atoms with Gasteiger partial charge in [0.25, 0.3) is 0 Å². The highest BCUT2D eigenvalue weighted by molar-refractivity contribution is 7.09. The third-order valence-electron chi connectivity index (χ3n) is 3.77. The number of hydrogen-bond donors (Lipinski definition) is 1. The summed E-state index contributed by atoms with van der Waals surface area (Å²) in [6.07, 6.45) is 5.73. The van der Waals surface area contributed by atoms with Crippen LogP contribution in [0.25, 0.3) is 0 Å². The molecule has 1 aliphatic rings. The van der Waals surface area contributed by atoms with Crippen LogP contribution in [0.4, 0.5) is 5.82 Å². The van der Waals surface area contributed by atoms with Crippen molar-refractivity contribution in [2.45, 2.75) is 45.3 Å². The van der Waals surface area contributed by atoms with Gasteiger partial charge in [-0.05, 0) is 48.4 Å². The van der Waals surface area contributed by atoms with E-state index in [0.29, 0.717) is 0 Å². The second-order valence-electron chi connectivity index (χ2n) is 5.69. The van der Waals surface area contributed by atoms with E-state index < -0.39 is 0 Å². The highest BCUT2D eigenvalue weighted by atomic mass is 32.1. The minimum Gasteiger partial charge on any atom is -0.370 e. The number of pyridine rings is 1. The van der Waals surface area contributed by atoms with Crippen molar-refractivity contribution < 1.29 is 0 Å². The van der Waals surface area contributed by atoms with Crippen molar-refractivity contribution in [1.82, 2.24) is 9.88 Å². The van der Waals surface area contributed by atoms with Crippen molar-refractivity contribution in [2.75, 3.05) is 11.9 Å². The number of aromatic nitrogens is 1. The van der Waals surface area contributed by atoms with Crippen molar-refractivity contribution in [2.24, 2.45) is 0 Å². The van der Waals surface area contributed by atoms with Crippen LogP contribution in [0.15, 0.2) is 35.8 Å². The summed E-state index contributed by atoms with van der Waals surface area (Å²) >= 11 is 1.85. The topological polar surface area (TPSA) is 28.2 Å². The predicted molar refractivity (Wildman–Crippen MR) is 89.6 cm³/mol. The predicted octanol–water partition coefficient (Wildman–Crippen LogP) is 4.13. The van der Waals surface area contributed by atoms with Gasteiger partial charge in [0.2, 0.25) is 0 Å². The van der Waals surface area contributed by atoms with E-state index in [2.05, 4.69) is 51.8 Å².